The zero-order valence-corrected chi connectivity index (χ0v) is 11.3. The molecule has 0 heterocycles. The highest BCUT2D eigenvalue weighted by molar-refractivity contribution is 5.47. The zero-order valence-electron chi connectivity index (χ0n) is 11.3. The lowest BCUT2D eigenvalue weighted by Crippen LogP contribution is -2.21. The van der Waals surface area contributed by atoms with Crippen molar-refractivity contribution in [1.29, 1.82) is 0 Å². The molecule has 94 valence electrons. The lowest BCUT2D eigenvalue weighted by Gasteiger charge is -2.28. The topological polar surface area (TPSA) is 38.7 Å². The van der Waals surface area contributed by atoms with Gasteiger partial charge in [0.05, 0.1) is 13.7 Å². The fourth-order valence-electron chi connectivity index (χ4n) is 2.41. The quantitative estimate of drug-likeness (QED) is 0.729. The summed E-state index contributed by atoms with van der Waals surface area (Å²) in [4.78, 5) is 10.3. The second-order valence-electron chi connectivity index (χ2n) is 5.15. The van der Waals surface area contributed by atoms with E-state index in [9.17, 15) is 4.91 Å². The van der Waals surface area contributed by atoms with Gasteiger partial charge in [-0.25, -0.2) is 0 Å². The second-order valence-corrected chi connectivity index (χ2v) is 5.15. The van der Waals surface area contributed by atoms with Crippen LogP contribution in [0.4, 0.5) is 0 Å². The molecule has 0 fully saturated rings. The maximum Gasteiger partial charge on any atom is 0.123 e. The van der Waals surface area contributed by atoms with Crippen LogP contribution < -0.4 is 4.74 Å². The summed E-state index contributed by atoms with van der Waals surface area (Å²) in [5, 5.41) is 2.96. The van der Waals surface area contributed by atoms with Crippen molar-refractivity contribution in [3.8, 4) is 5.75 Å². The summed E-state index contributed by atoms with van der Waals surface area (Å²) in [7, 11) is 1.69. The number of nitrogens with zero attached hydrogens (tertiary/aromatic N) is 1. The molecule has 0 saturated heterocycles. The van der Waals surface area contributed by atoms with Crippen LogP contribution in [0.25, 0.3) is 0 Å². The first-order valence-electron chi connectivity index (χ1n) is 5.87. The van der Waals surface area contributed by atoms with Gasteiger partial charge in [-0.1, -0.05) is 25.1 Å². The van der Waals surface area contributed by atoms with Crippen molar-refractivity contribution in [3.05, 3.63) is 33.7 Å². The first-order valence-corrected chi connectivity index (χ1v) is 5.87. The van der Waals surface area contributed by atoms with Crippen molar-refractivity contribution in [2.45, 2.75) is 39.5 Å². The van der Waals surface area contributed by atoms with E-state index in [1.807, 2.05) is 6.07 Å². The SMILES string of the molecule is COc1cc(C)cc(C)c1C(C)(C)CCN=O. The Morgan fingerprint density at radius 2 is 1.94 bits per heavy atom. The number of methoxy groups -OCH3 is 1. The minimum Gasteiger partial charge on any atom is -0.496 e. The Morgan fingerprint density at radius 3 is 2.47 bits per heavy atom. The summed E-state index contributed by atoms with van der Waals surface area (Å²) in [5.74, 6) is 0.901. The Hall–Kier alpha value is -1.38. The molecule has 3 heteroatoms. The maximum atomic E-state index is 10.3. The minimum absolute atomic E-state index is 0.100. The van der Waals surface area contributed by atoms with E-state index in [1.165, 1.54) is 16.7 Å². The van der Waals surface area contributed by atoms with Gasteiger partial charge in [0, 0.05) is 5.56 Å². The molecule has 0 atom stereocenters. The molecule has 1 aromatic carbocycles. The molecule has 1 aromatic rings. The largest absolute Gasteiger partial charge is 0.496 e. The fourth-order valence-corrected chi connectivity index (χ4v) is 2.41. The van der Waals surface area contributed by atoms with Crippen molar-refractivity contribution in [3.63, 3.8) is 0 Å². The molecule has 1 rings (SSSR count). The van der Waals surface area contributed by atoms with Gasteiger partial charge in [-0.05, 0) is 42.9 Å². The number of aryl methyl sites for hydroxylation is 2. The molecule has 0 aromatic heterocycles. The van der Waals surface area contributed by atoms with E-state index in [2.05, 4.69) is 38.9 Å². The van der Waals surface area contributed by atoms with Crippen LogP contribution in [0.5, 0.6) is 5.75 Å². The lowest BCUT2D eigenvalue weighted by atomic mass is 9.78. The Morgan fingerprint density at radius 1 is 1.29 bits per heavy atom. The molecular formula is C14H21NO2. The third kappa shape index (κ3) is 3.05. The van der Waals surface area contributed by atoms with E-state index < -0.39 is 0 Å². The van der Waals surface area contributed by atoms with Gasteiger partial charge in [0.25, 0.3) is 0 Å². The molecule has 0 aliphatic heterocycles. The van der Waals surface area contributed by atoms with Gasteiger partial charge in [-0.15, -0.1) is 0 Å². The average Bonchev–Trinajstić information content (AvgIpc) is 2.24. The van der Waals surface area contributed by atoms with Gasteiger partial charge >= 0.3 is 0 Å². The monoisotopic (exact) mass is 235 g/mol. The number of hydrogen-bond acceptors (Lipinski definition) is 3. The van der Waals surface area contributed by atoms with Crippen molar-refractivity contribution in [2.75, 3.05) is 13.7 Å². The van der Waals surface area contributed by atoms with Crippen LogP contribution in [-0.2, 0) is 5.41 Å². The number of hydrogen-bond donors (Lipinski definition) is 0. The number of rotatable bonds is 5. The van der Waals surface area contributed by atoms with E-state index in [-0.39, 0.29) is 5.41 Å². The molecule has 3 nitrogen and oxygen atoms in total. The minimum atomic E-state index is -0.100. The first-order chi connectivity index (χ1) is 7.92. The third-order valence-corrected chi connectivity index (χ3v) is 3.17. The van der Waals surface area contributed by atoms with E-state index in [4.69, 9.17) is 4.74 Å². The van der Waals surface area contributed by atoms with E-state index in [0.717, 1.165) is 12.2 Å². The fraction of sp³-hybridized carbons (Fsp3) is 0.571. The smallest absolute Gasteiger partial charge is 0.123 e. The lowest BCUT2D eigenvalue weighted by molar-refractivity contribution is 0.385. The van der Waals surface area contributed by atoms with Gasteiger partial charge in [-0.2, -0.15) is 4.91 Å². The second kappa shape index (κ2) is 5.30. The highest BCUT2D eigenvalue weighted by atomic mass is 16.5. The Labute approximate surface area is 103 Å². The highest BCUT2D eigenvalue weighted by Gasteiger charge is 2.26. The van der Waals surface area contributed by atoms with Crippen molar-refractivity contribution < 1.29 is 4.74 Å². The number of nitroso groups, excluding NO2 is 1. The molecule has 0 unspecified atom stereocenters. The predicted molar refractivity (Wildman–Crippen MR) is 70.8 cm³/mol. The predicted octanol–water partition coefficient (Wildman–Crippen LogP) is 3.75. The van der Waals surface area contributed by atoms with Crippen molar-refractivity contribution in [1.82, 2.24) is 0 Å². The van der Waals surface area contributed by atoms with Crippen LogP contribution in [0.3, 0.4) is 0 Å². The normalized spacial score (nSPS) is 11.4. The molecule has 0 spiro atoms. The average molecular weight is 235 g/mol. The molecule has 0 aliphatic rings. The first kappa shape index (κ1) is 13.7. The number of ether oxygens (including phenoxy) is 1. The van der Waals surface area contributed by atoms with Crippen LogP contribution in [0.1, 0.15) is 37.0 Å². The van der Waals surface area contributed by atoms with Crippen LogP contribution in [0.15, 0.2) is 17.3 Å². The molecule has 0 saturated carbocycles. The van der Waals surface area contributed by atoms with Crippen molar-refractivity contribution >= 4 is 0 Å². The van der Waals surface area contributed by atoms with E-state index >= 15 is 0 Å². The summed E-state index contributed by atoms with van der Waals surface area (Å²) in [6.07, 6.45) is 0.733. The molecule has 0 aliphatic carbocycles. The van der Waals surface area contributed by atoms with Crippen LogP contribution in [0.2, 0.25) is 0 Å². The van der Waals surface area contributed by atoms with Gasteiger partial charge in [0.15, 0.2) is 0 Å². The van der Waals surface area contributed by atoms with E-state index in [0.29, 0.717) is 6.54 Å². The standard InChI is InChI=1S/C14H21NO2/c1-10-8-11(2)13(12(9-10)17-5)14(3,4)6-7-15-16/h8-9H,6-7H2,1-5H3. The molecule has 17 heavy (non-hydrogen) atoms. The Balaban J connectivity index is 3.23. The third-order valence-electron chi connectivity index (χ3n) is 3.17. The Bertz CT molecular complexity index is 411. The van der Waals surface area contributed by atoms with Crippen LogP contribution in [-0.4, -0.2) is 13.7 Å². The van der Waals surface area contributed by atoms with Crippen molar-refractivity contribution in [2.24, 2.45) is 5.18 Å². The molecule has 0 amide bonds. The van der Waals surface area contributed by atoms with Gasteiger partial charge < -0.3 is 4.74 Å². The summed E-state index contributed by atoms with van der Waals surface area (Å²) >= 11 is 0. The van der Waals surface area contributed by atoms with E-state index in [1.54, 1.807) is 7.11 Å². The molecule has 0 N–H and O–H groups in total. The molecule has 0 radical (unpaired) electrons. The highest BCUT2D eigenvalue weighted by Crippen LogP contribution is 2.37. The maximum absolute atomic E-state index is 10.3. The summed E-state index contributed by atoms with van der Waals surface area (Å²) in [5.41, 5.74) is 3.47. The van der Waals surface area contributed by atoms with Crippen LogP contribution in [0, 0.1) is 18.8 Å². The Kier molecular flexibility index (Phi) is 4.27. The van der Waals surface area contributed by atoms with Gasteiger partial charge in [0.2, 0.25) is 0 Å². The van der Waals surface area contributed by atoms with Gasteiger partial charge in [-0.3, -0.25) is 0 Å². The van der Waals surface area contributed by atoms with Crippen LogP contribution >= 0.6 is 0 Å². The summed E-state index contributed by atoms with van der Waals surface area (Å²) in [6.45, 7) is 8.72. The molecular weight excluding hydrogens is 214 g/mol. The number of benzene rings is 1. The molecule has 0 bridgehead atoms. The summed E-state index contributed by atoms with van der Waals surface area (Å²) < 4.78 is 5.46. The zero-order chi connectivity index (χ0) is 13.1. The summed E-state index contributed by atoms with van der Waals surface area (Å²) in [6, 6.07) is 4.19. The van der Waals surface area contributed by atoms with Gasteiger partial charge in [0.1, 0.15) is 5.75 Å².